The molecule has 28 heavy (non-hydrogen) atoms. The summed E-state index contributed by atoms with van der Waals surface area (Å²) >= 11 is 9.27. The van der Waals surface area contributed by atoms with Crippen molar-refractivity contribution in [3.8, 4) is 0 Å². The third-order valence-electron chi connectivity index (χ3n) is 4.81. The smallest absolute Gasteiger partial charge is 0.243 e. The molecule has 2 aromatic rings. The van der Waals surface area contributed by atoms with Gasteiger partial charge in [-0.1, -0.05) is 52.9 Å². The number of amides is 1. The Bertz CT molecular complexity index is 929. The van der Waals surface area contributed by atoms with Crippen LogP contribution in [-0.4, -0.2) is 31.2 Å². The molecule has 3 rings (SSSR count). The maximum atomic E-state index is 13.3. The van der Waals surface area contributed by atoms with Crippen LogP contribution in [0.15, 0.2) is 57.9 Å². The van der Waals surface area contributed by atoms with E-state index >= 15 is 0 Å². The molecular weight excluding hydrogens is 464 g/mol. The molecule has 0 spiro atoms. The van der Waals surface area contributed by atoms with E-state index < -0.39 is 10.0 Å². The van der Waals surface area contributed by atoms with Crippen molar-refractivity contribution in [1.82, 2.24) is 4.31 Å². The van der Waals surface area contributed by atoms with Crippen LogP contribution in [0.4, 0.5) is 5.69 Å². The van der Waals surface area contributed by atoms with Crippen LogP contribution in [0.1, 0.15) is 32.1 Å². The number of hydrogen-bond donors (Lipinski definition) is 1. The van der Waals surface area contributed by atoms with Crippen molar-refractivity contribution in [2.24, 2.45) is 0 Å². The SMILES string of the molecule is O=C(CN(C1CCCCC1)S(=O)(=O)c1ccc(Cl)cc1)Nc1cccc(Br)c1. The minimum absolute atomic E-state index is 0.151. The van der Waals surface area contributed by atoms with E-state index in [-0.39, 0.29) is 23.4 Å². The molecule has 0 unspecified atom stereocenters. The zero-order valence-electron chi connectivity index (χ0n) is 15.3. The summed E-state index contributed by atoms with van der Waals surface area (Å²) in [6, 6.07) is 13.1. The predicted molar refractivity (Wildman–Crippen MR) is 115 cm³/mol. The molecule has 1 aliphatic rings. The van der Waals surface area contributed by atoms with E-state index in [9.17, 15) is 13.2 Å². The quantitative estimate of drug-likeness (QED) is 0.621. The number of sulfonamides is 1. The third-order valence-corrected chi connectivity index (χ3v) is 7.47. The first-order valence-corrected chi connectivity index (χ1v) is 11.8. The van der Waals surface area contributed by atoms with Crippen LogP contribution < -0.4 is 5.32 Å². The third kappa shape index (κ3) is 5.35. The lowest BCUT2D eigenvalue weighted by molar-refractivity contribution is -0.116. The lowest BCUT2D eigenvalue weighted by Crippen LogP contribution is -2.45. The molecule has 0 bridgehead atoms. The first-order chi connectivity index (χ1) is 13.4. The highest BCUT2D eigenvalue weighted by molar-refractivity contribution is 9.10. The summed E-state index contributed by atoms with van der Waals surface area (Å²) in [6.07, 6.45) is 4.54. The molecule has 1 saturated carbocycles. The molecular formula is C20H22BrClN2O3S. The molecule has 2 aromatic carbocycles. The fourth-order valence-electron chi connectivity index (χ4n) is 3.43. The number of hydrogen-bond acceptors (Lipinski definition) is 3. The Balaban J connectivity index is 1.84. The van der Waals surface area contributed by atoms with E-state index in [2.05, 4.69) is 21.2 Å². The van der Waals surface area contributed by atoms with Crippen LogP contribution in [0.3, 0.4) is 0 Å². The molecule has 1 fully saturated rings. The van der Waals surface area contributed by atoms with Crippen molar-refractivity contribution in [3.05, 3.63) is 58.0 Å². The van der Waals surface area contributed by atoms with Gasteiger partial charge < -0.3 is 5.32 Å². The minimum Gasteiger partial charge on any atom is -0.325 e. The Labute approximate surface area is 179 Å². The summed E-state index contributed by atoms with van der Waals surface area (Å²) in [5, 5.41) is 3.26. The standard InChI is InChI=1S/C20H22BrClN2O3S/c21-15-5-4-6-17(13-15)23-20(25)14-24(18-7-2-1-3-8-18)28(26,27)19-11-9-16(22)10-12-19/h4-6,9-13,18H,1-3,7-8,14H2,(H,23,25). The van der Waals surface area contributed by atoms with E-state index in [1.54, 1.807) is 24.3 Å². The van der Waals surface area contributed by atoms with Gasteiger partial charge in [0.05, 0.1) is 11.4 Å². The van der Waals surface area contributed by atoms with Crippen LogP contribution in [0.25, 0.3) is 0 Å². The Kier molecular flexibility index (Phi) is 7.15. The second-order valence-corrected chi connectivity index (χ2v) is 10.1. The van der Waals surface area contributed by atoms with Gasteiger partial charge >= 0.3 is 0 Å². The fraction of sp³-hybridized carbons (Fsp3) is 0.350. The first-order valence-electron chi connectivity index (χ1n) is 9.19. The van der Waals surface area contributed by atoms with Gasteiger partial charge in [0.25, 0.3) is 0 Å². The molecule has 0 radical (unpaired) electrons. The number of nitrogens with zero attached hydrogens (tertiary/aromatic N) is 1. The van der Waals surface area contributed by atoms with Crippen molar-refractivity contribution in [2.45, 2.75) is 43.0 Å². The predicted octanol–water partition coefficient (Wildman–Crippen LogP) is 5.06. The maximum absolute atomic E-state index is 13.3. The zero-order valence-corrected chi connectivity index (χ0v) is 18.4. The number of nitrogens with one attached hydrogen (secondary N) is 1. The number of halogens is 2. The van der Waals surface area contributed by atoms with Gasteiger partial charge in [-0.3, -0.25) is 4.79 Å². The summed E-state index contributed by atoms with van der Waals surface area (Å²) < 4.78 is 28.7. The Morgan fingerprint density at radius 1 is 1.11 bits per heavy atom. The summed E-state index contributed by atoms with van der Waals surface area (Å²) in [5.41, 5.74) is 0.617. The summed E-state index contributed by atoms with van der Waals surface area (Å²) in [6.45, 7) is -0.220. The van der Waals surface area contributed by atoms with Crippen molar-refractivity contribution < 1.29 is 13.2 Å². The average molecular weight is 486 g/mol. The van der Waals surface area contributed by atoms with E-state index in [1.165, 1.54) is 16.4 Å². The van der Waals surface area contributed by atoms with Gasteiger partial charge in [0, 0.05) is 21.2 Å². The van der Waals surface area contributed by atoms with Crippen molar-refractivity contribution in [2.75, 3.05) is 11.9 Å². The molecule has 0 aromatic heterocycles. The van der Waals surface area contributed by atoms with Crippen LogP contribution in [-0.2, 0) is 14.8 Å². The largest absolute Gasteiger partial charge is 0.325 e. The van der Waals surface area contributed by atoms with Crippen LogP contribution in [0, 0.1) is 0 Å². The van der Waals surface area contributed by atoms with Crippen LogP contribution in [0.5, 0.6) is 0 Å². The molecule has 0 saturated heterocycles. The first kappa shape index (κ1) is 21.3. The van der Waals surface area contributed by atoms with E-state index in [0.717, 1.165) is 36.6 Å². The highest BCUT2D eigenvalue weighted by Gasteiger charge is 2.34. The Hall–Kier alpha value is -1.41. The van der Waals surface area contributed by atoms with Crippen LogP contribution in [0.2, 0.25) is 5.02 Å². The van der Waals surface area contributed by atoms with Gasteiger partial charge in [-0.05, 0) is 55.3 Å². The highest BCUT2D eigenvalue weighted by atomic mass is 79.9. The van der Waals surface area contributed by atoms with Gasteiger partial charge in [0.15, 0.2) is 0 Å². The van der Waals surface area contributed by atoms with Crippen molar-refractivity contribution in [3.63, 3.8) is 0 Å². The highest BCUT2D eigenvalue weighted by Crippen LogP contribution is 2.28. The molecule has 8 heteroatoms. The monoisotopic (exact) mass is 484 g/mol. The van der Waals surface area contributed by atoms with E-state index in [4.69, 9.17) is 11.6 Å². The van der Waals surface area contributed by atoms with E-state index in [0.29, 0.717) is 10.7 Å². The molecule has 1 amide bonds. The van der Waals surface area contributed by atoms with E-state index in [1.807, 2.05) is 12.1 Å². The number of rotatable bonds is 6. The van der Waals surface area contributed by atoms with Crippen LogP contribution >= 0.6 is 27.5 Å². The van der Waals surface area contributed by atoms with Gasteiger partial charge in [-0.25, -0.2) is 8.42 Å². The maximum Gasteiger partial charge on any atom is 0.243 e. The second-order valence-electron chi connectivity index (χ2n) is 6.85. The number of benzene rings is 2. The van der Waals surface area contributed by atoms with Crippen molar-refractivity contribution >= 4 is 49.1 Å². The normalized spacial score (nSPS) is 15.5. The summed E-state index contributed by atoms with van der Waals surface area (Å²) in [4.78, 5) is 12.8. The number of carbonyl (C=O) groups is 1. The Morgan fingerprint density at radius 2 is 1.79 bits per heavy atom. The second kappa shape index (κ2) is 9.39. The van der Waals surface area contributed by atoms with Gasteiger partial charge in [-0.15, -0.1) is 0 Å². The fourth-order valence-corrected chi connectivity index (χ4v) is 5.60. The zero-order chi connectivity index (χ0) is 20.1. The lowest BCUT2D eigenvalue weighted by atomic mass is 9.95. The summed E-state index contributed by atoms with van der Waals surface area (Å²) in [5.74, 6) is -0.360. The lowest BCUT2D eigenvalue weighted by Gasteiger charge is -2.33. The number of anilines is 1. The van der Waals surface area contributed by atoms with Gasteiger partial charge in [0.1, 0.15) is 0 Å². The molecule has 0 heterocycles. The molecule has 1 aliphatic carbocycles. The molecule has 0 aliphatic heterocycles. The molecule has 150 valence electrons. The molecule has 0 atom stereocenters. The van der Waals surface area contributed by atoms with Gasteiger partial charge in [0.2, 0.25) is 15.9 Å². The molecule has 1 N–H and O–H groups in total. The minimum atomic E-state index is -3.81. The number of carbonyl (C=O) groups excluding carboxylic acids is 1. The Morgan fingerprint density at radius 3 is 2.43 bits per heavy atom. The summed E-state index contributed by atoms with van der Waals surface area (Å²) in [7, 11) is -3.81. The molecule has 5 nitrogen and oxygen atoms in total. The average Bonchev–Trinajstić information content (AvgIpc) is 2.67. The van der Waals surface area contributed by atoms with Gasteiger partial charge in [-0.2, -0.15) is 4.31 Å². The van der Waals surface area contributed by atoms with Crippen molar-refractivity contribution in [1.29, 1.82) is 0 Å². The topological polar surface area (TPSA) is 66.5 Å².